The molecule has 1 aromatic carbocycles. The second kappa shape index (κ2) is 4.30. The third-order valence-electron chi connectivity index (χ3n) is 2.42. The van der Waals surface area contributed by atoms with Crippen molar-refractivity contribution in [3.63, 3.8) is 0 Å². The van der Waals surface area contributed by atoms with E-state index in [2.05, 4.69) is 25.9 Å². The molecule has 1 heterocycles. The number of carbonyl (C=O) groups is 1. The van der Waals surface area contributed by atoms with Crippen molar-refractivity contribution in [3.05, 3.63) is 37.3 Å². The molecule has 2 aromatic rings. The molecule has 0 saturated heterocycles. The predicted octanol–water partition coefficient (Wildman–Crippen LogP) is 1.09. The van der Waals surface area contributed by atoms with Crippen LogP contribution in [0.1, 0.15) is 0 Å². The van der Waals surface area contributed by atoms with Crippen LogP contribution in [-0.4, -0.2) is 28.2 Å². The molecular weight excluding hydrogens is 306 g/mol. The minimum absolute atomic E-state index is 0.257. The maximum Gasteiger partial charge on any atom is 0.411 e. The van der Waals surface area contributed by atoms with E-state index in [1.54, 1.807) is 6.07 Å². The van der Waals surface area contributed by atoms with Gasteiger partial charge in [0.2, 0.25) is 0 Å². The van der Waals surface area contributed by atoms with Gasteiger partial charge in [-0.05, 0) is 12.1 Å². The molecule has 1 amide bonds. The lowest BCUT2D eigenvalue weighted by molar-refractivity contribution is 0.203. The third-order valence-corrected chi connectivity index (χ3v) is 2.88. The van der Waals surface area contributed by atoms with E-state index in [-0.39, 0.29) is 11.2 Å². The number of aromatic nitrogens is 2. The smallest absolute Gasteiger partial charge is 0.411 e. The van der Waals surface area contributed by atoms with Crippen molar-refractivity contribution >= 4 is 38.7 Å². The van der Waals surface area contributed by atoms with Crippen LogP contribution in [-0.2, 0) is 0 Å². The number of fused-ring (bicyclic) bond motifs is 1. The summed E-state index contributed by atoms with van der Waals surface area (Å²) in [6.45, 7) is 0. The quantitative estimate of drug-likeness (QED) is 0.685. The Kier molecular flexibility index (Phi) is 2.95. The Balaban J connectivity index is 2.88. The van der Waals surface area contributed by atoms with E-state index in [4.69, 9.17) is 5.11 Å². The number of hydrogen-bond acceptors (Lipinski definition) is 3. The average Bonchev–Trinajstić information content (AvgIpc) is 2.29. The van der Waals surface area contributed by atoms with Crippen molar-refractivity contribution in [3.8, 4) is 0 Å². The van der Waals surface area contributed by atoms with Gasteiger partial charge < -0.3 is 15.1 Å². The number of H-pyrrole nitrogens is 2. The van der Waals surface area contributed by atoms with Gasteiger partial charge in [0.25, 0.3) is 0 Å². The van der Waals surface area contributed by atoms with Crippen LogP contribution in [0.4, 0.5) is 10.5 Å². The minimum Gasteiger partial charge on any atom is -0.465 e. The number of nitrogens with one attached hydrogen (secondary N) is 2. The highest BCUT2D eigenvalue weighted by molar-refractivity contribution is 9.10. The lowest BCUT2D eigenvalue weighted by Gasteiger charge is -2.15. The second-order valence-corrected chi connectivity index (χ2v) is 4.51. The Bertz CT molecular complexity index is 749. The number of benzene rings is 1. The van der Waals surface area contributed by atoms with E-state index in [1.165, 1.54) is 13.1 Å². The SMILES string of the molecule is CN(C(=O)O)c1cc(Br)cc2[nH]c(=O)c(=O)[nH]c12. The Morgan fingerprint density at radius 1 is 1.28 bits per heavy atom. The maximum absolute atomic E-state index is 11.3. The highest BCUT2D eigenvalue weighted by Gasteiger charge is 2.14. The maximum atomic E-state index is 11.3. The summed E-state index contributed by atoms with van der Waals surface area (Å²) < 4.78 is 0.584. The van der Waals surface area contributed by atoms with E-state index < -0.39 is 17.2 Å². The van der Waals surface area contributed by atoms with Crippen molar-refractivity contribution in [2.75, 3.05) is 11.9 Å². The van der Waals surface area contributed by atoms with E-state index in [0.717, 1.165) is 4.90 Å². The number of halogens is 1. The van der Waals surface area contributed by atoms with E-state index >= 15 is 0 Å². The summed E-state index contributed by atoms with van der Waals surface area (Å²) in [5.41, 5.74) is -0.751. The lowest BCUT2D eigenvalue weighted by atomic mass is 10.2. The van der Waals surface area contributed by atoms with Crippen LogP contribution in [0.15, 0.2) is 26.2 Å². The Morgan fingerprint density at radius 2 is 1.89 bits per heavy atom. The molecule has 0 aliphatic heterocycles. The van der Waals surface area contributed by atoms with Gasteiger partial charge in [-0.3, -0.25) is 14.5 Å². The number of anilines is 1. The van der Waals surface area contributed by atoms with Crippen LogP contribution in [0.2, 0.25) is 0 Å². The third kappa shape index (κ3) is 2.02. The Hall–Kier alpha value is -2.09. The molecule has 0 atom stereocenters. The van der Waals surface area contributed by atoms with Gasteiger partial charge in [0.1, 0.15) is 0 Å². The zero-order valence-corrected chi connectivity index (χ0v) is 10.7. The molecule has 0 unspecified atom stereocenters. The van der Waals surface area contributed by atoms with Crippen LogP contribution in [0, 0.1) is 0 Å². The first-order valence-electron chi connectivity index (χ1n) is 4.82. The van der Waals surface area contributed by atoms with Gasteiger partial charge in [-0.2, -0.15) is 0 Å². The molecule has 3 N–H and O–H groups in total. The zero-order valence-electron chi connectivity index (χ0n) is 9.15. The van der Waals surface area contributed by atoms with Gasteiger partial charge in [0.05, 0.1) is 16.7 Å². The van der Waals surface area contributed by atoms with Crippen molar-refractivity contribution in [2.45, 2.75) is 0 Å². The molecule has 2 rings (SSSR count). The van der Waals surface area contributed by atoms with Gasteiger partial charge in [-0.25, -0.2) is 4.79 Å². The van der Waals surface area contributed by atoms with Crippen LogP contribution >= 0.6 is 15.9 Å². The predicted molar refractivity (Wildman–Crippen MR) is 69.3 cm³/mol. The topological polar surface area (TPSA) is 106 Å². The van der Waals surface area contributed by atoms with Crippen LogP contribution in [0.25, 0.3) is 11.0 Å². The molecule has 1 aromatic heterocycles. The molecule has 18 heavy (non-hydrogen) atoms. The lowest BCUT2D eigenvalue weighted by Crippen LogP contribution is -2.30. The molecule has 0 radical (unpaired) electrons. The van der Waals surface area contributed by atoms with E-state index in [9.17, 15) is 14.4 Å². The zero-order chi connectivity index (χ0) is 13.4. The fourth-order valence-electron chi connectivity index (χ4n) is 1.54. The standard InChI is InChI=1S/C10H8BrN3O4/c1-14(10(17)18)6-3-4(11)2-5-7(6)13-9(16)8(15)12-5/h2-3H,1H3,(H,12,15)(H,13,16)(H,17,18). The van der Waals surface area contributed by atoms with Crippen molar-refractivity contribution in [1.29, 1.82) is 0 Å². The summed E-state index contributed by atoms with van der Waals surface area (Å²) in [6.07, 6.45) is -1.18. The van der Waals surface area contributed by atoms with Crippen LogP contribution < -0.4 is 16.0 Å². The van der Waals surface area contributed by atoms with Gasteiger partial charge >= 0.3 is 17.2 Å². The monoisotopic (exact) mass is 313 g/mol. The summed E-state index contributed by atoms with van der Waals surface area (Å²) in [5, 5.41) is 8.96. The molecule has 0 spiro atoms. The largest absolute Gasteiger partial charge is 0.465 e. The van der Waals surface area contributed by atoms with Gasteiger partial charge in [-0.1, -0.05) is 15.9 Å². The summed E-state index contributed by atoms with van der Waals surface area (Å²) in [5.74, 6) is 0. The fourth-order valence-corrected chi connectivity index (χ4v) is 1.99. The van der Waals surface area contributed by atoms with Gasteiger partial charge in [0, 0.05) is 11.5 Å². The first-order valence-corrected chi connectivity index (χ1v) is 5.62. The van der Waals surface area contributed by atoms with Crippen molar-refractivity contribution in [2.24, 2.45) is 0 Å². The minimum atomic E-state index is -1.18. The average molecular weight is 314 g/mol. The number of nitrogens with zero attached hydrogens (tertiary/aromatic N) is 1. The molecule has 8 heteroatoms. The van der Waals surface area contributed by atoms with Crippen LogP contribution in [0.3, 0.4) is 0 Å². The summed E-state index contributed by atoms with van der Waals surface area (Å²) in [4.78, 5) is 39.1. The molecule has 0 aliphatic carbocycles. The Morgan fingerprint density at radius 3 is 2.50 bits per heavy atom. The number of hydrogen-bond donors (Lipinski definition) is 3. The first-order chi connectivity index (χ1) is 8.40. The molecular formula is C10H8BrN3O4. The van der Waals surface area contributed by atoms with E-state index in [1.807, 2.05) is 0 Å². The summed E-state index contributed by atoms with van der Waals surface area (Å²) in [7, 11) is 1.34. The number of aromatic amines is 2. The van der Waals surface area contributed by atoms with E-state index in [0.29, 0.717) is 9.99 Å². The summed E-state index contributed by atoms with van der Waals surface area (Å²) >= 11 is 3.21. The van der Waals surface area contributed by atoms with Crippen LogP contribution in [0.5, 0.6) is 0 Å². The first kappa shape index (κ1) is 12.4. The van der Waals surface area contributed by atoms with Gasteiger partial charge in [0.15, 0.2) is 0 Å². The Labute approximate surface area is 108 Å². The molecule has 0 aliphatic rings. The normalized spacial score (nSPS) is 10.6. The highest BCUT2D eigenvalue weighted by Crippen LogP contribution is 2.26. The molecule has 7 nitrogen and oxygen atoms in total. The molecule has 0 bridgehead atoms. The number of carboxylic acid groups (broad SMARTS) is 1. The molecule has 94 valence electrons. The highest BCUT2D eigenvalue weighted by atomic mass is 79.9. The van der Waals surface area contributed by atoms with Crippen molar-refractivity contribution in [1.82, 2.24) is 9.97 Å². The van der Waals surface area contributed by atoms with Gasteiger partial charge in [-0.15, -0.1) is 0 Å². The summed E-state index contributed by atoms with van der Waals surface area (Å²) in [6, 6.07) is 3.11. The van der Waals surface area contributed by atoms with Crippen molar-refractivity contribution < 1.29 is 9.90 Å². The molecule has 0 fully saturated rings. The number of rotatable bonds is 1. The second-order valence-electron chi connectivity index (χ2n) is 3.60. The fraction of sp³-hybridized carbons (Fsp3) is 0.100. The molecule has 0 saturated carbocycles. The number of amides is 1.